The highest BCUT2D eigenvalue weighted by Crippen LogP contribution is 2.37. The molecule has 0 aliphatic carbocycles. The Labute approximate surface area is 149 Å². The van der Waals surface area contributed by atoms with Gasteiger partial charge in [-0.05, 0) is 31.4 Å². The van der Waals surface area contributed by atoms with Crippen LogP contribution < -0.4 is 10.6 Å². The van der Waals surface area contributed by atoms with E-state index in [1.165, 1.54) is 6.92 Å². The second-order valence-electron chi connectivity index (χ2n) is 6.40. The standard InChI is InChI=1S/C19H27N3O3/c1-4-22-17(24)10-9-16(19(25)21-12-11-20-14(3)23)18(22)15-8-6-5-7-13(15)2/h5-8,16,18H,4,9-12H2,1-3H3,(H,20,23)(H,21,25)/t16-,18+/m1/s1. The average Bonchev–Trinajstić information content (AvgIpc) is 2.58. The number of carbonyl (C=O) groups excluding carboxylic acids is 3. The first-order chi connectivity index (χ1) is 12.0. The largest absolute Gasteiger partial charge is 0.355 e. The van der Waals surface area contributed by atoms with Gasteiger partial charge in [-0.3, -0.25) is 14.4 Å². The van der Waals surface area contributed by atoms with Crippen LogP contribution >= 0.6 is 0 Å². The number of likely N-dealkylation sites (tertiary alicyclic amines) is 1. The van der Waals surface area contributed by atoms with Crippen molar-refractivity contribution in [3.8, 4) is 0 Å². The number of nitrogens with zero attached hydrogens (tertiary/aromatic N) is 1. The van der Waals surface area contributed by atoms with E-state index < -0.39 is 0 Å². The molecule has 1 fully saturated rings. The maximum Gasteiger partial charge on any atom is 0.225 e. The van der Waals surface area contributed by atoms with E-state index in [2.05, 4.69) is 10.6 Å². The van der Waals surface area contributed by atoms with Gasteiger partial charge < -0.3 is 15.5 Å². The van der Waals surface area contributed by atoms with Gasteiger partial charge in [-0.25, -0.2) is 0 Å². The zero-order chi connectivity index (χ0) is 18.4. The van der Waals surface area contributed by atoms with Crippen LogP contribution in [0.25, 0.3) is 0 Å². The third-order valence-corrected chi connectivity index (χ3v) is 4.69. The predicted octanol–water partition coefficient (Wildman–Crippen LogP) is 1.55. The molecule has 0 spiro atoms. The molecule has 1 aromatic rings. The molecule has 3 amide bonds. The van der Waals surface area contributed by atoms with Crippen LogP contribution in [0.15, 0.2) is 24.3 Å². The molecule has 1 saturated heterocycles. The Bertz CT molecular complexity index is 645. The summed E-state index contributed by atoms with van der Waals surface area (Å²) in [5.41, 5.74) is 2.11. The summed E-state index contributed by atoms with van der Waals surface area (Å²) >= 11 is 0. The fraction of sp³-hybridized carbons (Fsp3) is 0.526. The zero-order valence-electron chi connectivity index (χ0n) is 15.2. The van der Waals surface area contributed by atoms with Crippen LogP contribution in [0, 0.1) is 12.8 Å². The van der Waals surface area contributed by atoms with Crippen LogP contribution in [0.1, 0.15) is 43.9 Å². The van der Waals surface area contributed by atoms with Crippen molar-refractivity contribution in [3.05, 3.63) is 35.4 Å². The molecular formula is C19H27N3O3. The topological polar surface area (TPSA) is 78.5 Å². The number of rotatable bonds is 6. The SMILES string of the molecule is CCN1C(=O)CC[C@@H](C(=O)NCCNC(C)=O)[C@@H]1c1ccccc1C. The molecule has 0 bridgehead atoms. The summed E-state index contributed by atoms with van der Waals surface area (Å²) in [6, 6.07) is 7.67. The number of hydrogen-bond acceptors (Lipinski definition) is 3. The van der Waals surface area contributed by atoms with E-state index in [-0.39, 0.29) is 29.7 Å². The predicted molar refractivity (Wildman–Crippen MR) is 95.7 cm³/mol. The molecule has 0 unspecified atom stereocenters. The van der Waals surface area contributed by atoms with Gasteiger partial charge >= 0.3 is 0 Å². The van der Waals surface area contributed by atoms with Gasteiger partial charge in [0.2, 0.25) is 17.7 Å². The van der Waals surface area contributed by atoms with Crippen molar-refractivity contribution in [1.82, 2.24) is 15.5 Å². The Hall–Kier alpha value is -2.37. The molecule has 25 heavy (non-hydrogen) atoms. The Morgan fingerprint density at radius 2 is 1.88 bits per heavy atom. The molecule has 2 N–H and O–H groups in total. The number of amides is 3. The number of aryl methyl sites for hydroxylation is 1. The van der Waals surface area contributed by atoms with Gasteiger partial charge in [0.15, 0.2) is 0 Å². The Morgan fingerprint density at radius 3 is 2.52 bits per heavy atom. The lowest BCUT2D eigenvalue weighted by atomic mass is 9.82. The summed E-state index contributed by atoms with van der Waals surface area (Å²) in [4.78, 5) is 37.8. The van der Waals surface area contributed by atoms with E-state index in [0.717, 1.165) is 11.1 Å². The van der Waals surface area contributed by atoms with Crippen LogP contribution in [0.3, 0.4) is 0 Å². The normalized spacial score (nSPS) is 20.3. The number of piperidine rings is 1. The molecule has 1 aliphatic rings. The van der Waals surface area contributed by atoms with Crippen molar-refractivity contribution in [1.29, 1.82) is 0 Å². The average molecular weight is 345 g/mol. The molecule has 0 radical (unpaired) electrons. The maximum absolute atomic E-state index is 12.7. The summed E-state index contributed by atoms with van der Waals surface area (Å²) in [5, 5.41) is 5.56. The van der Waals surface area contributed by atoms with E-state index in [0.29, 0.717) is 32.5 Å². The van der Waals surface area contributed by atoms with Crippen molar-refractivity contribution in [3.63, 3.8) is 0 Å². The smallest absolute Gasteiger partial charge is 0.225 e. The summed E-state index contributed by atoms with van der Waals surface area (Å²) in [5.74, 6) is -0.369. The quantitative estimate of drug-likeness (QED) is 0.768. The van der Waals surface area contributed by atoms with Crippen LogP contribution in [-0.2, 0) is 14.4 Å². The summed E-state index contributed by atoms with van der Waals surface area (Å²) in [7, 11) is 0. The molecule has 1 aliphatic heterocycles. The van der Waals surface area contributed by atoms with E-state index in [1.807, 2.05) is 43.0 Å². The first kappa shape index (κ1) is 19.0. The molecule has 1 heterocycles. The highest BCUT2D eigenvalue weighted by atomic mass is 16.2. The molecule has 2 rings (SSSR count). The minimum atomic E-state index is -0.281. The third kappa shape index (κ3) is 4.59. The van der Waals surface area contributed by atoms with Gasteiger partial charge in [0.25, 0.3) is 0 Å². The van der Waals surface area contributed by atoms with E-state index in [9.17, 15) is 14.4 Å². The maximum atomic E-state index is 12.7. The Balaban J connectivity index is 2.19. The molecular weight excluding hydrogens is 318 g/mol. The van der Waals surface area contributed by atoms with Gasteiger partial charge in [-0.1, -0.05) is 24.3 Å². The van der Waals surface area contributed by atoms with E-state index >= 15 is 0 Å². The number of hydrogen-bond donors (Lipinski definition) is 2. The molecule has 1 aromatic carbocycles. The first-order valence-corrected chi connectivity index (χ1v) is 8.82. The van der Waals surface area contributed by atoms with E-state index in [4.69, 9.17) is 0 Å². The van der Waals surface area contributed by atoms with Crippen LogP contribution in [-0.4, -0.2) is 42.3 Å². The molecule has 6 heteroatoms. The highest BCUT2D eigenvalue weighted by Gasteiger charge is 2.40. The van der Waals surface area contributed by atoms with Crippen LogP contribution in [0.2, 0.25) is 0 Å². The second-order valence-corrected chi connectivity index (χ2v) is 6.40. The Morgan fingerprint density at radius 1 is 1.20 bits per heavy atom. The number of benzene rings is 1. The molecule has 2 atom stereocenters. The summed E-state index contributed by atoms with van der Waals surface area (Å²) in [6.45, 7) is 6.76. The monoisotopic (exact) mass is 345 g/mol. The van der Waals surface area contributed by atoms with Crippen LogP contribution in [0.4, 0.5) is 0 Å². The van der Waals surface area contributed by atoms with Crippen LogP contribution in [0.5, 0.6) is 0 Å². The molecule has 136 valence electrons. The van der Waals surface area contributed by atoms with Crippen molar-refractivity contribution in [2.45, 2.75) is 39.7 Å². The molecule has 0 saturated carbocycles. The third-order valence-electron chi connectivity index (χ3n) is 4.69. The van der Waals surface area contributed by atoms with E-state index in [1.54, 1.807) is 0 Å². The lowest BCUT2D eigenvalue weighted by molar-refractivity contribution is -0.143. The molecule has 6 nitrogen and oxygen atoms in total. The van der Waals surface area contributed by atoms with Crippen molar-refractivity contribution < 1.29 is 14.4 Å². The summed E-state index contributed by atoms with van der Waals surface area (Å²) in [6.07, 6.45) is 0.931. The zero-order valence-corrected chi connectivity index (χ0v) is 15.2. The highest BCUT2D eigenvalue weighted by molar-refractivity contribution is 5.85. The molecule has 0 aromatic heterocycles. The minimum Gasteiger partial charge on any atom is -0.355 e. The van der Waals surface area contributed by atoms with Gasteiger partial charge in [0.1, 0.15) is 0 Å². The fourth-order valence-electron chi connectivity index (χ4n) is 3.46. The second kappa shape index (κ2) is 8.65. The first-order valence-electron chi connectivity index (χ1n) is 8.82. The summed E-state index contributed by atoms with van der Waals surface area (Å²) < 4.78 is 0. The fourth-order valence-corrected chi connectivity index (χ4v) is 3.46. The Kier molecular flexibility index (Phi) is 6.56. The number of carbonyl (C=O) groups is 3. The minimum absolute atomic E-state index is 0.0652. The lowest BCUT2D eigenvalue weighted by Crippen LogP contribution is -2.49. The van der Waals surface area contributed by atoms with Crippen molar-refractivity contribution >= 4 is 17.7 Å². The van der Waals surface area contributed by atoms with Gasteiger partial charge in [0, 0.05) is 33.0 Å². The number of nitrogens with one attached hydrogen (secondary N) is 2. The van der Waals surface area contributed by atoms with Crippen molar-refractivity contribution in [2.75, 3.05) is 19.6 Å². The van der Waals surface area contributed by atoms with Gasteiger partial charge in [0.05, 0.1) is 12.0 Å². The van der Waals surface area contributed by atoms with Crippen molar-refractivity contribution in [2.24, 2.45) is 5.92 Å². The lowest BCUT2D eigenvalue weighted by Gasteiger charge is -2.41. The van der Waals surface area contributed by atoms with Gasteiger partial charge in [-0.15, -0.1) is 0 Å². The van der Waals surface area contributed by atoms with Gasteiger partial charge in [-0.2, -0.15) is 0 Å².